The molecule has 96 valence electrons. The number of nitrogens with zero attached hydrogens (tertiary/aromatic N) is 3. The van der Waals surface area contributed by atoms with Crippen LogP contribution in [0.25, 0.3) is 0 Å². The SMILES string of the molecule is FC(F)(F)c1ccnnc1NCCc1ccns1. The Hall–Kier alpha value is -1.70. The van der Waals surface area contributed by atoms with Gasteiger partial charge in [0.05, 0.1) is 6.20 Å². The van der Waals surface area contributed by atoms with E-state index >= 15 is 0 Å². The standard InChI is InChI=1S/C10H9F3N4S/c11-10(12,13)8-3-5-15-17-9(8)14-4-1-7-2-6-16-18-7/h2-3,5-6H,1,4H2,(H,14,17). The van der Waals surface area contributed by atoms with Gasteiger partial charge in [-0.1, -0.05) is 0 Å². The predicted octanol–water partition coefficient (Wildman–Crippen LogP) is 2.61. The molecule has 2 aromatic heterocycles. The fourth-order valence-electron chi connectivity index (χ4n) is 1.37. The molecule has 1 N–H and O–H groups in total. The fourth-order valence-corrected chi connectivity index (χ4v) is 1.94. The number of hydrogen-bond acceptors (Lipinski definition) is 5. The molecular weight excluding hydrogens is 265 g/mol. The first-order valence-corrected chi connectivity index (χ1v) is 5.87. The van der Waals surface area contributed by atoms with Crippen LogP contribution < -0.4 is 5.32 Å². The van der Waals surface area contributed by atoms with E-state index in [1.54, 1.807) is 6.20 Å². The van der Waals surface area contributed by atoms with Gasteiger partial charge in [-0.3, -0.25) is 0 Å². The molecule has 0 unspecified atom stereocenters. The van der Waals surface area contributed by atoms with Gasteiger partial charge in [0.2, 0.25) is 0 Å². The first kappa shape index (κ1) is 12.7. The molecule has 0 bridgehead atoms. The zero-order valence-electron chi connectivity index (χ0n) is 9.11. The Morgan fingerprint density at radius 1 is 1.22 bits per heavy atom. The third-order valence-electron chi connectivity index (χ3n) is 2.18. The molecule has 0 atom stereocenters. The van der Waals surface area contributed by atoms with Gasteiger partial charge in [-0.2, -0.15) is 18.3 Å². The van der Waals surface area contributed by atoms with Crippen molar-refractivity contribution in [3.8, 4) is 0 Å². The molecule has 0 fully saturated rings. The summed E-state index contributed by atoms with van der Waals surface area (Å²) in [5.74, 6) is -0.241. The second-order valence-corrected chi connectivity index (χ2v) is 4.36. The van der Waals surface area contributed by atoms with E-state index in [0.717, 1.165) is 17.1 Å². The Kier molecular flexibility index (Phi) is 3.75. The maximum Gasteiger partial charge on any atom is 0.420 e. The summed E-state index contributed by atoms with van der Waals surface area (Å²) in [6.07, 6.45) is -1.15. The third-order valence-corrected chi connectivity index (χ3v) is 2.98. The summed E-state index contributed by atoms with van der Waals surface area (Å²) in [5, 5.41) is 9.57. The summed E-state index contributed by atoms with van der Waals surface area (Å²) >= 11 is 1.32. The maximum absolute atomic E-state index is 12.6. The lowest BCUT2D eigenvalue weighted by molar-refractivity contribution is -0.137. The number of nitrogens with one attached hydrogen (secondary N) is 1. The number of alkyl halides is 3. The molecule has 0 radical (unpaired) electrons. The molecule has 2 rings (SSSR count). The van der Waals surface area contributed by atoms with E-state index in [1.165, 1.54) is 11.5 Å². The topological polar surface area (TPSA) is 50.7 Å². The van der Waals surface area contributed by atoms with E-state index in [-0.39, 0.29) is 5.82 Å². The highest BCUT2D eigenvalue weighted by molar-refractivity contribution is 7.05. The van der Waals surface area contributed by atoms with Gasteiger partial charge < -0.3 is 5.32 Å². The minimum absolute atomic E-state index is 0.241. The van der Waals surface area contributed by atoms with Crippen molar-refractivity contribution in [2.24, 2.45) is 0 Å². The monoisotopic (exact) mass is 274 g/mol. The highest BCUT2D eigenvalue weighted by atomic mass is 32.1. The van der Waals surface area contributed by atoms with Gasteiger partial charge >= 0.3 is 6.18 Å². The first-order valence-electron chi connectivity index (χ1n) is 5.09. The van der Waals surface area contributed by atoms with E-state index in [4.69, 9.17) is 0 Å². The second kappa shape index (κ2) is 5.30. The van der Waals surface area contributed by atoms with Crippen molar-refractivity contribution in [3.05, 3.63) is 35.0 Å². The van der Waals surface area contributed by atoms with Crippen LogP contribution >= 0.6 is 11.5 Å². The number of rotatable bonds is 4. The summed E-state index contributed by atoms with van der Waals surface area (Å²) in [5.41, 5.74) is -0.804. The van der Waals surface area contributed by atoms with E-state index in [9.17, 15) is 13.2 Å². The summed E-state index contributed by atoms with van der Waals surface area (Å²) in [6.45, 7) is 0.351. The molecular formula is C10H9F3N4S. The molecule has 0 aliphatic carbocycles. The average Bonchev–Trinajstić information content (AvgIpc) is 2.81. The van der Waals surface area contributed by atoms with E-state index in [2.05, 4.69) is 19.9 Å². The molecule has 2 aromatic rings. The van der Waals surface area contributed by atoms with Gasteiger partial charge in [0.25, 0.3) is 0 Å². The molecule has 0 aromatic carbocycles. The molecule has 0 amide bonds. The van der Waals surface area contributed by atoms with Gasteiger partial charge in [0, 0.05) is 24.0 Å². The first-order chi connectivity index (χ1) is 8.57. The van der Waals surface area contributed by atoms with E-state index in [0.29, 0.717) is 13.0 Å². The Balaban J connectivity index is 2.01. The lowest BCUT2D eigenvalue weighted by Crippen LogP contribution is -2.14. The van der Waals surface area contributed by atoms with Gasteiger partial charge in [0.15, 0.2) is 5.82 Å². The smallest absolute Gasteiger partial charge is 0.368 e. The third kappa shape index (κ3) is 3.16. The van der Waals surface area contributed by atoms with Crippen LogP contribution in [0.4, 0.5) is 19.0 Å². The van der Waals surface area contributed by atoms with Crippen molar-refractivity contribution in [2.75, 3.05) is 11.9 Å². The largest absolute Gasteiger partial charge is 0.420 e. The number of aromatic nitrogens is 3. The van der Waals surface area contributed by atoms with Crippen LogP contribution in [-0.2, 0) is 12.6 Å². The Labute approximate surface area is 105 Å². The lowest BCUT2D eigenvalue weighted by atomic mass is 10.2. The molecule has 8 heteroatoms. The lowest BCUT2D eigenvalue weighted by Gasteiger charge is -2.11. The van der Waals surface area contributed by atoms with E-state index < -0.39 is 11.7 Å². The molecule has 0 aliphatic heterocycles. The van der Waals surface area contributed by atoms with Gasteiger partial charge in [0.1, 0.15) is 5.56 Å². The predicted molar refractivity (Wildman–Crippen MR) is 61.3 cm³/mol. The van der Waals surface area contributed by atoms with Crippen LogP contribution in [0.1, 0.15) is 10.4 Å². The van der Waals surface area contributed by atoms with Crippen molar-refractivity contribution in [3.63, 3.8) is 0 Å². The quantitative estimate of drug-likeness (QED) is 0.931. The number of anilines is 1. The van der Waals surface area contributed by atoms with Crippen LogP contribution in [0, 0.1) is 0 Å². The molecule has 0 saturated carbocycles. The Morgan fingerprint density at radius 3 is 2.72 bits per heavy atom. The molecule has 18 heavy (non-hydrogen) atoms. The van der Waals surface area contributed by atoms with Crippen LogP contribution in [0.5, 0.6) is 0 Å². The normalized spacial score (nSPS) is 11.5. The number of halogens is 3. The molecule has 0 saturated heterocycles. The van der Waals surface area contributed by atoms with Gasteiger partial charge in [-0.25, -0.2) is 4.37 Å². The summed E-state index contributed by atoms with van der Waals surface area (Å²) < 4.78 is 41.8. The zero-order valence-corrected chi connectivity index (χ0v) is 9.92. The molecule has 0 aliphatic rings. The summed E-state index contributed by atoms with van der Waals surface area (Å²) in [6, 6.07) is 2.73. The van der Waals surface area contributed by atoms with E-state index in [1.807, 2.05) is 6.07 Å². The van der Waals surface area contributed by atoms with Gasteiger partial charge in [-0.05, 0) is 23.7 Å². The second-order valence-electron chi connectivity index (χ2n) is 3.45. The molecule has 2 heterocycles. The Morgan fingerprint density at radius 2 is 2.06 bits per heavy atom. The maximum atomic E-state index is 12.6. The average molecular weight is 274 g/mol. The van der Waals surface area contributed by atoms with Crippen molar-refractivity contribution in [1.29, 1.82) is 0 Å². The summed E-state index contributed by atoms with van der Waals surface area (Å²) in [4.78, 5) is 1.000. The molecule has 4 nitrogen and oxygen atoms in total. The highest BCUT2D eigenvalue weighted by Gasteiger charge is 2.34. The van der Waals surface area contributed by atoms with Crippen molar-refractivity contribution in [2.45, 2.75) is 12.6 Å². The fraction of sp³-hybridized carbons (Fsp3) is 0.300. The van der Waals surface area contributed by atoms with Gasteiger partial charge in [-0.15, -0.1) is 5.10 Å². The summed E-state index contributed by atoms with van der Waals surface area (Å²) in [7, 11) is 0. The highest BCUT2D eigenvalue weighted by Crippen LogP contribution is 2.32. The van der Waals surface area contributed by atoms with Crippen LogP contribution in [0.2, 0.25) is 0 Å². The zero-order chi connectivity index (χ0) is 13.0. The van der Waals surface area contributed by atoms with Crippen molar-refractivity contribution < 1.29 is 13.2 Å². The molecule has 0 spiro atoms. The van der Waals surface area contributed by atoms with Crippen LogP contribution in [0.3, 0.4) is 0 Å². The van der Waals surface area contributed by atoms with Crippen LogP contribution in [0.15, 0.2) is 24.5 Å². The minimum atomic E-state index is -4.43. The van der Waals surface area contributed by atoms with Crippen molar-refractivity contribution >= 4 is 17.4 Å². The van der Waals surface area contributed by atoms with Crippen molar-refractivity contribution in [1.82, 2.24) is 14.6 Å². The minimum Gasteiger partial charge on any atom is -0.368 e. The Bertz CT molecular complexity index is 498. The number of hydrogen-bond donors (Lipinski definition) is 1. The van der Waals surface area contributed by atoms with Crippen LogP contribution in [-0.4, -0.2) is 21.1 Å².